The van der Waals surface area contributed by atoms with Crippen molar-refractivity contribution in [2.75, 3.05) is 19.7 Å². The van der Waals surface area contributed by atoms with Gasteiger partial charge in [-0.15, -0.1) is 11.3 Å². The predicted octanol–water partition coefficient (Wildman–Crippen LogP) is 3.30. The number of thiazole rings is 1. The summed E-state index contributed by atoms with van der Waals surface area (Å²) in [5, 5.41) is 5.58. The SMILES string of the molecule is Cc1cc(C(=O)N2CCO[C@H]([C@@H](C)NC(=O)OC(C)(C)C)C2)c(C)n1-c1nccs1. The van der Waals surface area contributed by atoms with Gasteiger partial charge in [-0.2, -0.15) is 0 Å². The lowest BCUT2D eigenvalue weighted by molar-refractivity contribution is -0.0371. The van der Waals surface area contributed by atoms with Crippen molar-refractivity contribution in [2.24, 2.45) is 0 Å². The van der Waals surface area contributed by atoms with Gasteiger partial charge in [0, 0.05) is 36.1 Å². The molecule has 0 aromatic carbocycles. The highest BCUT2D eigenvalue weighted by Gasteiger charge is 2.32. The third-order valence-electron chi connectivity index (χ3n) is 4.95. The largest absolute Gasteiger partial charge is 0.444 e. The number of carbonyl (C=O) groups excluding carboxylic acids is 2. The number of ether oxygens (including phenoxy) is 2. The smallest absolute Gasteiger partial charge is 0.407 e. The minimum Gasteiger partial charge on any atom is -0.444 e. The lowest BCUT2D eigenvalue weighted by Gasteiger charge is -2.36. The zero-order chi connectivity index (χ0) is 22.1. The maximum Gasteiger partial charge on any atom is 0.407 e. The molecule has 1 saturated heterocycles. The average molecular weight is 435 g/mol. The molecule has 30 heavy (non-hydrogen) atoms. The zero-order valence-corrected chi connectivity index (χ0v) is 19.2. The van der Waals surface area contributed by atoms with E-state index in [1.54, 1.807) is 11.1 Å². The maximum absolute atomic E-state index is 13.3. The second-order valence-corrected chi connectivity index (χ2v) is 9.40. The van der Waals surface area contributed by atoms with Gasteiger partial charge in [-0.05, 0) is 47.6 Å². The molecule has 1 aliphatic heterocycles. The Morgan fingerprint density at radius 2 is 2.10 bits per heavy atom. The van der Waals surface area contributed by atoms with E-state index in [1.807, 2.05) is 57.6 Å². The van der Waals surface area contributed by atoms with E-state index in [9.17, 15) is 9.59 Å². The normalized spacial score (nSPS) is 18.2. The summed E-state index contributed by atoms with van der Waals surface area (Å²) >= 11 is 1.53. The highest BCUT2D eigenvalue weighted by molar-refractivity contribution is 7.12. The second kappa shape index (κ2) is 8.77. The Bertz CT molecular complexity index is 901. The van der Waals surface area contributed by atoms with Crippen LogP contribution in [0.3, 0.4) is 0 Å². The molecule has 2 aromatic rings. The summed E-state index contributed by atoms with van der Waals surface area (Å²) in [6.07, 6.45) is 0.957. The van der Waals surface area contributed by atoms with E-state index in [2.05, 4.69) is 10.3 Å². The molecule has 0 aliphatic carbocycles. The van der Waals surface area contributed by atoms with Gasteiger partial charge in [-0.1, -0.05) is 0 Å². The predicted molar refractivity (Wildman–Crippen MR) is 115 cm³/mol. The van der Waals surface area contributed by atoms with E-state index in [4.69, 9.17) is 9.47 Å². The van der Waals surface area contributed by atoms with Crippen LogP contribution in [-0.2, 0) is 9.47 Å². The Morgan fingerprint density at radius 3 is 2.73 bits per heavy atom. The summed E-state index contributed by atoms with van der Waals surface area (Å²) in [5.74, 6) is -0.0383. The maximum atomic E-state index is 13.3. The van der Waals surface area contributed by atoms with E-state index in [-0.39, 0.29) is 18.1 Å². The minimum atomic E-state index is -0.570. The zero-order valence-electron chi connectivity index (χ0n) is 18.4. The minimum absolute atomic E-state index is 0.0383. The van der Waals surface area contributed by atoms with E-state index >= 15 is 0 Å². The van der Waals surface area contributed by atoms with Crippen molar-refractivity contribution in [3.8, 4) is 5.13 Å². The van der Waals surface area contributed by atoms with Crippen LogP contribution in [0.5, 0.6) is 0 Å². The third kappa shape index (κ3) is 5.02. The first-order valence-electron chi connectivity index (χ1n) is 10.1. The number of carbonyl (C=O) groups is 2. The van der Waals surface area contributed by atoms with Crippen molar-refractivity contribution in [2.45, 2.75) is 59.3 Å². The van der Waals surface area contributed by atoms with Crippen LogP contribution in [-0.4, -0.2) is 63.9 Å². The molecule has 0 unspecified atom stereocenters. The quantitative estimate of drug-likeness (QED) is 0.798. The topological polar surface area (TPSA) is 85.7 Å². The van der Waals surface area contributed by atoms with Gasteiger partial charge in [-0.3, -0.25) is 9.36 Å². The number of aromatic nitrogens is 2. The molecule has 3 heterocycles. The molecule has 0 radical (unpaired) electrons. The molecular formula is C21H30N4O4S. The number of nitrogens with one attached hydrogen (secondary N) is 1. The van der Waals surface area contributed by atoms with Gasteiger partial charge in [0.25, 0.3) is 5.91 Å². The van der Waals surface area contributed by atoms with Crippen LogP contribution >= 0.6 is 11.3 Å². The first-order chi connectivity index (χ1) is 14.1. The van der Waals surface area contributed by atoms with E-state index in [1.165, 1.54) is 11.3 Å². The van der Waals surface area contributed by atoms with Crippen molar-refractivity contribution in [3.05, 3.63) is 34.6 Å². The number of rotatable bonds is 4. The molecule has 1 N–H and O–H groups in total. The Hall–Kier alpha value is -2.39. The molecule has 8 nitrogen and oxygen atoms in total. The summed E-state index contributed by atoms with van der Waals surface area (Å²) < 4.78 is 13.1. The lowest BCUT2D eigenvalue weighted by Crippen LogP contribution is -2.54. The van der Waals surface area contributed by atoms with E-state index in [0.29, 0.717) is 25.3 Å². The fourth-order valence-corrected chi connectivity index (χ4v) is 4.27. The second-order valence-electron chi connectivity index (χ2n) is 8.53. The first-order valence-corrected chi connectivity index (χ1v) is 10.9. The highest BCUT2D eigenvalue weighted by atomic mass is 32.1. The molecule has 0 bridgehead atoms. The highest BCUT2D eigenvalue weighted by Crippen LogP contribution is 2.24. The fourth-order valence-electron chi connectivity index (χ4n) is 3.52. The van der Waals surface area contributed by atoms with Gasteiger partial charge in [0.1, 0.15) is 5.60 Å². The number of hydrogen-bond donors (Lipinski definition) is 1. The van der Waals surface area contributed by atoms with Gasteiger partial charge in [-0.25, -0.2) is 9.78 Å². The number of nitrogens with zero attached hydrogens (tertiary/aromatic N) is 3. The van der Waals surface area contributed by atoms with Crippen LogP contribution in [0.2, 0.25) is 0 Å². The van der Waals surface area contributed by atoms with Crippen LogP contribution in [0.4, 0.5) is 4.79 Å². The molecular weight excluding hydrogens is 404 g/mol. The lowest BCUT2D eigenvalue weighted by atomic mass is 10.1. The summed E-state index contributed by atoms with van der Waals surface area (Å²) in [5.41, 5.74) is 1.93. The number of alkyl carbamates (subject to hydrolysis) is 1. The molecule has 2 atom stereocenters. The van der Waals surface area contributed by atoms with Crippen molar-refractivity contribution in [3.63, 3.8) is 0 Å². The first kappa shape index (κ1) is 22.3. The standard InChI is InChI=1S/C21H30N4O4S/c1-13-11-16(15(3)25(13)19-22-7-10-30-19)18(26)24-8-9-28-17(12-24)14(2)23-20(27)29-21(4,5)6/h7,10-11,14,17H,8-9,12H2,1-6H3,(H,23,27)/t14-,17+/m1/s1. The van der Waals surface area contributed by atoms with Crippen molar-refractivity contribution in [1.29, 1.82) is 0 Å². The summed E-state index contributed by atoms with van der Waals surface area (Å²) in [6.45, 7) is 12.5. The fraction of sp³-hybridized carbons (Fsp3) is 0.571. The van der Waals surface area contributed by atoms with Gasteiger partial charge in [0.2, 0.25) is 0 Å². The summed E-state index contributed by atoms with van der Waals surface area (Å²) in [6, 6.07) is 1.62. The average Bonchev–Trinajstić information content (AvgIpc) is 3.27. The molecule has 1 aliphatic rings. The molecule has 9 heteroatoms. The number of hydrogen-bond acceptors (Lipinski definition) is 6. The Morgan fingerprint density at radius 1 is 1.37 bits per heavy atom. The van der Waals surface area contributed by atoms with E-state index < -0.39 is 11.7 Å². The van der Waals surface area contributed by atoms with Crippen LogP contribution in [0.25, 0.3) is 5.13 Å². The van der Waals surface area contributed by atoms with Gasteiger partial charge >= 0.3 is 6.09 Å². The van der Waals surface area contributed by atoms with Crippen LogP contribution < -0.4 is 5.32 Å². The molecule has 2 amide bonds. The van der Waals surface area contributed by atoms with E-state index in [0.717, 1.165) is 16.5 Å². The monoisotopic (exact) mass is 434 g/mol. The van der Waals surface area contributed by atoms with Crippen LogP contribution in [0.15, 0.2) is 17.6 Å². The molecule has 2 aromatic heterocycles. The number of aryl methyl sites for hydroxylation is 1. The van der Waals surface area contributed by atoms with Crippen molar-refractivity contribution in [1.82, 2.24) is 19.8 Å². The van der Waals surface area contributed by atoms with Crippen molar-refractivity contribution >= 4 is 23.3 Å². The molecule has 0 saturated carbocycles. The van der Waals surface area contributed by atoms with Gasteiger partial charge in [0.05, 0.1) is 24.3 Å². The summed E-state index contributed by atoms with van der Waals surface area (Å²) in [4.78, 5) is 31.5. The molecule has 164 valence electrons. The Kier molecular flexibility index (Phi) is 6.52. The third-order valence-corrected chi connectivity index (χ3v) is 5.71. The Balaban J connectivity index is 1.69. The molecule has 0 spiro atoms. The molecule has 1 fully saturated rings. The molecule has 3 rings (SSSR count). The van der Waals surface area contributed by atoms with Crippen LogP contribution in [0, 0.1) is 13.8 Å². The van der Waals surface area contributed by atoms with Gasteiger partial charge in [0.15, 0.2) is 5.13 Å². The number of amides is 2. The Labute approximate surface area is 181 Å². The van der Waals surface area contributed by atoms with Gasteiger partial charge < -0.3 is 19.7 Å². The van der Waals surface area contributed by atoms with Crippen LogP contribution in [0.1, 0.15) is 49.4 Å². The van der Waals surface area contributed by atoms with Crippen molar-refractivity contribution < 1.29 is 19.1 Å². The number of morpholine rings is 1. The summed E-state index contributed by atoms with van der Waals surface area (Å²) in [7, 11) is 0.